The predicted molar refractivity (Wildman–Crippen MR) is 123 cm³/mol. The van der Waals surface area contributed by atoms with Crippen molar-refractivity contribution in [1.82, 2.24) is 0 Å². The monoisotopic (exact) mass is 479 g/mol. The normalized spacial score (nSPS) is 11.4. The molecule has 3 rings (SSSR count). The molecular weight excluding hydrogens is 458 g/mol. The highest BCUT2D eigenvalue weighted by Crippen LogP contribution is 2.15. The molecule has 0 aliphatic rings. The summed E-state index contributed by atoms with van der Waals surface area (Å²) in [4.78, 5) is 37.8. The van der Waals surface area contributed by atoms with Crippen molar-refractivity contribution in [3.05, 3.63) is 100 Å². The molecule has 0 aliphatic heterocycles. The van der Waals surface area contributed by atoms with Crippen LogP contribution in [-0.4, -0.2) is 30.2 Å². The van der Waals surface area contributed by atoms with Crippen molar-refractivity contribution < 1.29 is 19.1 Å². The molecule has 0 fully saturated rings. The molecule has 1 atom stereocenters. The Labute approximate surface area is 189 Å². The fourth-order valence-electron chi connectivity index (χ4n) is 2.93. The average molecular weight is 480 g/mol. The van der Waals surface area contributed by atoms with Gasteiger partial charge < -0.3 is 10.1 Å². The zero-order valence-corrected chi connectivity index (χ0v) is 18.6. The molecule has 158 valence electrons. The van der Waals surface area contributed by atoms with Crippen LogP contribution in [0, 0.1) is 6.92 Å². The van der Waals surface area contributed by atoms with E-state index in [0.717, 1.165) is 10.0 Å². The SMILES string of the molecule is Cc1ccc(NC(CC(=O)c2ccccc2)C(=O)OCC(=O)c2ccc(Br)cc2)cc1. The van der Waals surface area contributed by atoms with Gasteiger partial charge in [0.05, 0.1) is 0 Å². The minimum absolute atomic E-state index is 0.0941. The molecular formula is C25H22BrNO4. The molecule has 0 heterocycles. The first kappa shape index (κ1) is 22.4. The zero-order chi connectivity index (χ0) is 22.2. The number of ketones is 2. The van der Waals surface area contributed by atoms with Crippen LogP contribution in [0.1, 0.15) is 32.7 Å². The van der Waals surface area contributed by atoms with Crippen molar-refractivity contribution in [2.75, 3.05) is 11.9 Å². The summed E-state index contributed by atoms with van der Waals surface area (Å²) in [5.41, 5.74) is 2.72. The summed E-state index contributed by atoms with van der Waals surface area (Å²) in [5, 5.41) is 3.06. The van der Waals surface area contributed by atoms with Gasteiger partial charge in [0.1, 0.15) is 6.04 Å². The predicted octanol–water partition coefficient (Wildman–Crippen LogP) is 5.24. The summed E-state index contributed by atoms with van der Waals surface area (Å²) in [6, 6.07) is 22.1. The second-order valence-electron chi connectivity index (χ2n) is 7.09. The number of benzene rings is 3. The molecule has 5 nitrogen and oxygen atoms in total. The van der Waals surface area contributed by atoms with Gasteiger partial charge in [-0.1, -0.05) is 76.1 Å². The average Bonchev–Trinajstić information content (AvgIpc) is 2.79. The Balaban J connectivity index is 1.70. The first-order valence-corrected chi connectivity index (χ1v) is 10.6. The molecule has 1 N–H and O–H groups in total. The van der Waals surface area contributed by atoms with Crippen LogP contribution in [0.15, 0.2) is 83.3 Å². The van der Waals surface area contributed by atoms with E-state index in [4.69, 9.17) is 4.74 Å². The van der Waals surface area contributed by atoms with E-state index >= 15 is 0 Å². The van der Waals surface area contributed by atoms with E-state index in [0.29, 0.717) is 16.8 Å². The fourth-order valence-corrected chi connectivity index (χ4v) is 3.19. The second-order valence-corrected chi connectivity index (χ2v) is 8.01. The molecule has 1 unspecified atom stereocenters. The first-order valence-electron chi connectivity index (χ1n) is 9.79. The Bertz CT molecular complexity index is 1050. The number of rotatable bonds is 9. The van der Waals surface area contributed by atoms with Gasteiger partial charge in [-0.25, -0.2) is 4.79 Å². The van der Waals surface area contributed by atoms with Crippen molar-refractivity contribution in [2.45, 2.75) is 19.4 Å². The molecule has 3 aromatic carbocycles. The summed E-state index contributed by atoms with van der Waals surface area (Å²) in [7, 11) is 0. The van der Waals surface area contributed by atoms with Gasteiger partial charge >= 0.3 is 5.97 Å². The number of halogens is 1. The summed E-state index contributed by atoms with van der Waals surface area (Å²) < 4.78 is 6.12. The van der Waals surface area contributed by atoms with E-state index in [9.17, 15) is 14.4 Å². The number of carbonyl (C=O) groups is 3. The molecule has 0 amide bonds. The number of Topliss-reactive ketones (excluding diaryl/α,β-unsaturated/α-hetero) is 2. The maximum atomic E-state index is 12.8. The quantitative estimate of drug-likeness (QED) is 0.335. The smallest absolute Gasteiger partial charge is 0.329 e. The topological polar surface area (TPSA) is 72.5 Å². The highest BCUT2D eigenvalue weighted by atomic mass is 79.9. The van der Waals surface area contributed by atoms with Crippen molar-refractivity contribution in [3.63, 3.8) is 0 Å². The van der Waals surface area contributed by atoms with E-state index < -0.39 is 18.6 Å². The van der Waals surface area contributed by atoms with Crippen molar-refractivity contribution >= 4 is 39.2 Å². The largest absolute Gasteiger partial charge is 0.456 e. The third-order valence-electron chi connectivity index (χ3n) is 4.67. The summed E-state index contributed by atoms with van der Waals surface area (Å²) in [6.07, 6.45) is -0.0941. The van der Waals surface area contributed by atoms with Crippen LogP contribution in [-0.2, 0) is 9.53 Å². The van der Waals surface area contributed by atoms with Gasteiger partial charge in [0.15, 0.2) is 18.2 Å². The Kier molecular flexibility index (Phi) is 7.73. The van der Waals surface area contributed by atoms with Crippen LogP contribution in [0.5, 0.6) is 0 Å². The zero-order valence-electron chi connectivity index (χ0n) is 17.0. The standard InChI is InChI=1S/C25H22BrNO4/c1-17-7-13-21(14-8-17)27-22(15-23(28)18-5-3-2-4-6-18)25(30)31-16-24(29)19-9-11-20(26)12-10-19/h2-14,22,27H,15-16H2,1H3. The molecule has 6 heteroatoms. The van der Waals surface area contributed by atoms with Crippen LogP contribution >= 0.6 is 15.9 Å². The van der Waals surface area contributed by atoms with Gasteiger partial charge in [-0.15, -0.1) is 0 Å². The van der Waals surface area contributed by atoms with E-state index in [1.54, 1.807) is 48.5 Å². The van der Waals surface area contributed by atoms with E-state index in [1.807, 2.05) is 37.3 Å². The number of esters is 1. The van der Waals surface area contributed by atoms with Crippen LogP contribution < -0.4 is 5.32 Å². The van der Waals surface area contributed by atoms with Gasteiger partial charge in [-0.3, -0.25) is 9.59 Å². The lowest BCUT2D eigenvalue weighted by Gasteiger charge is -2.18. The maximum absolute atomic E-state index is 12.8. The number of hydrogen-bond donors (Lipinski definition) is 1. The van der Waals surface area contributed by atoms with Gasteiger partial charge in [-0.2, -0.15) is 0 Å². The molecule has 0 radical (unpaired) electrons. The highest BCUT2D eigenvalue weighted by Gasteiger charge is 2.25. The molecule has 0 spiro atoms. The Morgan fingerprint density at radius 3 is 2.10 bits per heavy atom. The van der Waals surface area contributed by atoms with Crippen LogP contribution in [0.3, 0.4) is 0 Å². The van der Waals surface area contributed by atoms with Crippen LogP contribution in [0.25, 0.3) is 0 Å². The minimum Gasteiger partial charge on any atom is -0.456 e. The van der Waals surface area contributed by atoms with Gasteiger partial charge in [0.25, 0.3) is 0 Å². The van der Waals surface area contributed by atoms with Crippen molar-refractivity contribution in [2.24, 2.45) is 0 Å². The van der Waals surface area contributed by atoms with E-state index in [1.165, 1.54) is 0 Å². The number of anilines is 1. The number of carbonyl (C=O) groups excluding carboxylic acids is 3. The number of ether oxygens (including phenoxy) is 1. The number of aryl methyl sites for hydroxylation is 1. The molecule has 3 aromatic rings. The van der Waals surface area contributed by atoms with E-state index in [-0.39, 0.29) is 18.0 Å². The lowest BCUT2D eigenvalue weighted by Crippen LogP contribution is -2.34. The molecule has 0 aromatic heterocycles. The Morgan fingerprint density at radius 1 is 0.839 bits per heavy atom. The van der Waals surface area contributed by atoms with Crippen LogP contribution in [0.2, 0.25) is 0 Å². The number of hydrogen-bond acceptors (Lipinski definition) is 5. The highest BCUT2D eigenvalue weighted by molar-refractivity contribution is 9.10. The lowest BCUT2D eigenvalue weighted by atomic mass is 10.0. The lowest BCUT2D eigenvalue weighted by molar-refractivity contribution is -0.143. The van der Waals surface area contributed by atoms with Gasteiger partial charge in [0, 0.05) is 27.7 Å². The number of nitrogens with one attached hydrogen (secondary N) is 1. The first-order chi connectivity index (χ1) is 14.9. The van der Waals surface area contributed by atoms with Crippen LogP contribution in [0.4, 0.5) is 5.69 Å². The van der Waals surface area contributed by atoms with E-state index in [2.05, 4.69) is 21.2 Å². The fraction of sp³-hybridized carbons (Fsp3) is 0.160. The summed E-state index contributed by atoms with van der Waals surface area (Å²) >= 11 is 3.32. The Hall–Kier alpha value is -3.25. The van der Waals surface area contributed by atoms with Gasteiger partial charge in [0.2, 0.25) is 0 Å². The minimum atomic E-state index is -0.923. The maximum Gasteiger partial charge on any atom is 0.329 e. The third-order valence-corrected chi connectivity index (χ3v) is 5.20. The van der Waals surface area contributed by atoms with Crippen molar-refractivity contribution in [3.8, 4) is 0 Å². The summed E-state index contributed by atoms with van der Waals surface area (Å²) in [6.45, 7) is 1.56. The third kappa shape index (κ3) is 6.62. The molecule has 31 heavy (non-hydrogen) atoms. The Morgan fingerprint density at radius 2 is 1.45 bits per heavy atom. The summed E-state index contributed by atoms with van der Waals surface area (Å²) in [5.74, 6) is -1.17. The van der Waals surface area contributed by atoms with Gasteiger partial charge in [-0.05, 0) is 31.2 Å². The molecule has 0 saturated heterocycles. The molecule has 0 aliphatic carbocycles. The molecule has 0 bridgehead atoms. The van der Waals surface area contributed by atoms with Crippen molar-refractivity contribution in [1.29, 1.82) is 0 Å². The second kappa shape index (κ2) is 10.7. The molecule has 0 saturated carbocycles.